The van der Waals surface area contributed by atoms with Crippen LogP contribution in [0.1, 0.15) is 30.6 Å². The van der Waals surface area contributed by atoms with Gasteiger partial charge in [-0.25, -0.2) is 4.98 Å². The molecule has 0 radical (unpaired) electrons. The maximum atomic E-state index is 13.2. The Balaban J connectivity index is 2.00. The summed E-state index contributed by atoms with van der Waals surface area (Å²) >= 11 is 0. The summed E-state index contributed by atoms with van der Waals surface area (Å²) in [5.41, 5.74) is -0.0310. The van der Waals surface area contributed by atoms with E-state index < -0.39 is 23.5 Å². The van der Waals surface area contributed by atoms with Crippen LogP contribution in [0.25, 0.3) is 11.0 Å². The average molecular weight is 386 g/mol. The third-order valence-corrected chi connectivity index (χ3v) is 4.65. The number of hydrogen-bond acceptors (Lipinski definition) is 6. The van der Waals surface area contributed by atoms with Gasteiger partial charge in [-0.3, -0.25) is 23.7 Å². The Morgan fingerprint density at radius 1 is 1.32 bits per heavy atom. The maximum Gasteiger partial charge on any atom is 0.307 e. The molecule has 28 heavy (non-hydrogen) atoms. The monoisotopic (exact) mass is 386 g/mol. The van der Waals surface area contributed by atoms with E-state index in [9.17, 15) is 19.2 Å². The van der Waals surface area contributed by atoms with E-state index >= 15 is 0 Å². The summed E-state index contributed by atoms with van der Waals surface area (Å²) in [5.74, 6) is -1.39. The molecule has 1 fully saturated rings. The number of esters is 1. The molecule has 1 aliphatic heterocycles. The number of aryl methyl sites for hydroxylation is 1. The molecule has 0 aromatic carbocycles. The van der Waals surface area contributed by atoms with E-state index in [0.717, 1.165) is 0 Å². The maximum absolute atomic E-state index is 13.2. The van der Waals surface area contributed by atoms with Crippen molar-refractivity contribution in [3.8, 4) is 0 Å². The van der Waals surface area contributed by atoms with Gasteiger partial charge in [0.2, 0.25) is 5.91 Å². The molecule has 0 bridgehead atoms. The van der Waals surface area contributed by atoms with Gasteiger partial charge in [0.1, 0.15) is 17.8 Å². The number of piperazine rings is 1. The Morgan fingerprint density at radius 3 is 2.82 bits per heavy atom. The number of nitrogens with zero attached hydrogens (tertiary/aromatic N) is 3. The van der Waals surface area contributed by atoms with E-state index in [1.54, 1.807) is 32.2 Å². The number of carbonyl (C=O) groups is 3. The Kier molecular flexibility index (Phi) is 5.72. The molecule has 2 aromatic heterocycles. The predicted octanol–water partition coefficient (Wildman–Crippen LogP) is 0.310. The van der Waals surface area contributed by atoms with E-state index in [0.29, 0.717) is 17.6 Å². The normalized spacial score (nSPS) is 16.7. The summed E-state index contributed by atoms with van der Waals surface area (Å²) < 4.78 is 6.38. The molecule has 0 unspecified atom stereocenters. The van der Waals surface area contributed by atoms with Gasteiger partial charge in [0.25, 0.3) is 11.5 Å². The first kappa shape index (κ1) is 19.5. The van der Waals surface area contributed by atoms with Gasteiger partial charge in [-0.15, -0.1) is 0 Å². The molecule has 1 aliphatic rings. The second-order valence-corrected chi connectivity index (χ2v) is 6.42. The zero-order valence-corrected chi connectivity index (χ0v) is 15.8. The summed E-state index contributed by atoms with van der Waals surface area (Å²) in [7, 11) is 0. The Labute approximate surface area is 161 Å². The van der Waals surface area contributed by atoms with Crippen molar-refractivity contribution in [1.82, 2.24) is 19.8 Å². The van der Waals surface area contributed by atoms with Crippen LogP contribution in [-0.4, -0.2) is 58.0 Å². The molecule has 1 N–H and O–H groups in total. The second kappa shape index (κ2) is 8.20. The molecule has 0 aliphatic carbocycles. The fourth-order valence-corrected chi connectivity index (χ4v) is 3.32. The van der Waals surface area contributed by atoms with Gasteiger partial charge in [-0.2, -0.15) is 0 Å². The highest BCUT2D eigenvalue weighted by Gasteiger charge is 2.34. The van der Waals surface area contributed by atoms with Crippen LogP contribution in [0.5, 0.6) is 0 Å². The third kappa shape index (κ3) is 3.73. The predicted molar refractivity (Wildman–Crippen MR) is 101 cm³/mol. The van der Waals surface area contributed by atoms with E-state index in [4.69, 9.17) is 4.74 Å². The van der Waals surface area contributed by atoms with Crippen LogP contribution in [0.4, 0.5) is 0 Å². The quantitative estimate of drug-likeness (QED) is 0.741. The summed E-state index contributed by atoms with van der Waals surface area (Å²) in [4.78, 5) is 55.3. The van der Waals surface area contributed by atoms with E-state index in [1.165, 1.54) is 15.5 Å². The van der Waals surface area contributed by atoms with E-state index in [2.05, 4.69) is 10.3 Å². The van der Waals surface area contributed by atoms with Crippen LogP contribution in [-0.2, 0) is 20.9 Å². The van der Waals surface area contributed by atoms with Crippen molar-refractivity contribution in [2.24, 2.45) is 0 Å². The molecular formula is C19H22N4O5. The molecule has 2 aromatic rings. The van der Waals surface area contributed by atoms with Gasteiger partial charge in [-0.05, 0) is 32.0 Å². The van der Waals surface area contributed by atoms with Gasteiger partial charge in [0.05, 0.1) is 19.1 Å². The highest BCUT2D eigenvalue weighted by atomic mass is 16.5. The minimum absolute atomic E-state index is 0.0501. The van der Waals surface area contributed by atoms with Gasteiger partial charge in [0, 0.05) is 24.7 Å². The molecule has 1 atom stereocenters. The first-order valence-corrected chi connectivity index (χ1v) is 9.18. The SMILES string of the molecule is CCOC(=O)C[C@H]1CNC(=O)CN1C(=O)c1cc2cccnc2n(CC)c1=O. The van der Waals surface area contributed by atoms with Crippen molar-refractivity contribution >= 4 is 28.8 Å². The number of rotatable bonds is 5. The lowest BCUT2D eigenvalue weighted by molar-refractivity contribution is -0.145. The first-order valence-electron chi connectivity index (χ1n) is 9.18. The number of carbonyl (C=O) groups excluding carboxylic acids is 3. The number of aromatic nitrogens is 2. The Hall–Kier alpha value is -3.23. The molecule has 3 rings (SSSR count). The molecule has 1 saturated heterocycles. The number of pyridine rings is 2. The van der Waals surface area contributed by atoms with Crippen LogP contribution in [0.2, 0.25) is 0 Å². The molecule has 0 spiro atoms. The van der Waals surface area contributed by atoms with E-state index in [-0.39, 0.29) is 37.6 Å². The first-order chi connectivity index (χ1) is 13.5. The van der Waals surface area contributed by atoms with Gasteiger partial charge in [0.15, 0.2) is 0 Å². The molecule has 0 saturated carbocycles. The summed E-state index contributed by atoms with van der Waals surface area (Å²) in [5, 5.41) is 3.30. The lowest BCUT2D eigenvalue weighted by Crippen LogP contribution is -2.57. The highest BCUT2D eigenvalue weighted by molar-refractivity contribution is 5.99. The molecule has 148 valence electrons. The average Bonchev–Trinajstić information content (AvgIpc) is 2.68. The second-order valence-electron chi connectivity index (χ2n) is 6.42. The number of nitrogens with one attached hydrogen (secondary N) is 1. The molecule has 3 heterocycles. The van der Waals surface area contributed by atoms with Crippen molar-refractivity contribution in [3.63, 3.8) is 0 Å². The van der Waals surface area contributed by atoms with Gasteiger partial charge >= 0.3 is 5.97 Å². The van der Waals surface area contributed by atoms with Crippen LogP contribution in [0.3, 0.4) is 0 Å². The number of fused-ring (bicyclic) bond motifs is 1. The zero-order valence-electron chi connectivity index (χ0n) is 15.8. The van der Waals surface area contributed by atoms with Crippen molar-refractivity contribution in [3.05, 3.63) is 40.3 Å². The smallest absolute Gasteiger partial charge is 0.307 e. The van der Waals surface area contributed by atoms with E-state index in [1.807, 2.05) is 0 Å². The Bertz CT molecular complexity index is 984. The van der Waals surface area contributed by atoms with Crippen LogP contribution in [0, 0.1) is 0 Å². The van der Waals surface area contributed by atoms with Crippen molar-refractivity contribution in [1.29, 1.82) is 0 Å². The largest absolute Gasteiger partial charge is 0.466 e. The summed E-state index contributed by atoms with van der Waals surface area (Å²) in [6, 6.07) is 4.40. The van der Waals surface area contributed by atoms with Crippen molar-refractivity contribution in [2.45, 2.75) is 32.9 Å². The fraction of sp³-hybridized carbons (Fsp3) is 0.421. The molecule has 2 amide bonds. The summed E-state index contributed by atoms with van der Waals surface area (Å²) in [6.07, 6.45) is 1.52. The van der Waals surface area contributed by atoms with Crippen molar-refractivity contribution in [2.75, 3.05) is 19.7 Å². The lowest BCUT2D eigenvalue weighted by atomic mass is 10.1. The van der Waals surface area contributed by atoms with Crippen LogP contribution < -0.4 is 10.9 Å². The minimum atomic E-state index is -0.581. The highest BCUT2D eigenvalue weighted by Crippen LogP contribution is 2.16. The van der Waals surface area contributed by atoms with Crippen LogP contribution in [0.15, 0.2) is 29.2 Å². The molecule has 9 heteroatoms. The van der Waals surface area contributed by atoms with Gasteiger partial charge in [-0.1, -0.05) is 0 Å². The molecule has 9 nitrogen and oxygen atoms in total. The van der Waals surface area contributed by atoms with Crippen molar-refractivity contribution < 1.29 is 19.1 Å². The lowest BCUT2D eigenvalue weighted by Gasteiger charge is -2.35. The fourth-order valence-electron chi connectivity index (χ4n) is 3.32. The number of hydrogen-bond donors (Lipinski definition) is 1. The standard InChI is InChI=1S/C19H22N4O5/c1-3-22-17-12(6-5-7-20-17)8-14(18(22)26)19(27)23-11-15(24)21-10-13(23)9-16(25)28-4-2/h5-8,13H,3-4,9-11H2,1-2H3,(H,21,24)/t13-/m0/s1. The summed E-state index contributed by atoms with van der Waals surface area (Å²) in [6.45, 7) is 3.96. The Morgan fingerprint density at radius 2 is 2.11 bits per heavy atom. The third-order valence-electron chi connectivity index (χ3n) is 4.65. The zero-order chi connectivity index (χ0) is 20.3. The topological polar surface area (TPSA) is 111 Å². The number of amides is 2. The number of ether oxygens (including phenoxy) is 1. The van der Waals surface area contributed by atoms with Gasteiger partial charge < -0.3 is 15.0 Å². The minimum Gasteiger partial charge on any atom is -0.466 e. The molecular weight excluding hydrogens is 364 g/mol. The van der Waals surface area contributed by atoms with Crippen LogP contribution >= 0.6 is 0 Å².